The smallest absolute Gasteiger partial charge is 0.269 e. The summed E-state index contributed by atoms with van der Waals surface area (Å²) in [4.78, 5) is 23.6. The van der Waals surface area contributed by atoms with Crippen LogP contribution in [0.15, 0.2) is 72.8 Å². The lowest BCUT2D eigenvalue weighted by Gasteiger charge is -2.20. The molecule has 1 N–H and O–H groups in total. The zero-order valence-electron chi connectivity index (χ0n) is 15.9. The van der Waals surface area contributed by atoms with Gasteiger partial charge in [0.05, 0.1) is 11.0 Å². The molecule has 3 aromatic rings. The van der Waals surface area contributed by atoms with Crippen LogP contribution in [0.2, 0.25) is 0 Å². The van der Waals surface area contributed by atoms with Crippen molar-refractivity contribution in [3.63, 3.8) is 0 Å². The molecule has 1 unspecified atom stereocenters. The number of Topliss-reactive ketones (excluding diaryl/α,β-unsaturated/α-hetero) is 1. The Labute approximate surface area is 164 Å². The molecule has 0 bridgehead atoms. The number of nitro benzene ring substituents is 1. The van der Waals surface area contributed by atoms with Crippen LogP contribution >= 0.6 is 0 Å². The normalized spacial score (nSPS) is 11.6. The number of hydrogen-bond donors (Lipinski definition) is 1. The van der Waals surface area contributed by atoms with E-state index in [-0.39, 0.29) is 23.9 Å². The van der Waals surface area contributed by atoms with Gasteiger partial charge in [0.1, 0.15) is 0 Å². The van der Waals surface area contributed by atoms with Gasteiger partial charge in [-0.1, -0.05) is 54.1 Å². The molecule has 5 nitrogen and oxygen atoms in total. The largest absolute Gasteiger partial charge is 0.378 e. The molecule has 0 radical (unpaired) electrons. The number of nitrogens with one attached hydrogen (secondary N) is 1. The number of ketones is 1. The molecular weight excluding hydrogens is 352 g/mol. The molecule has 1 atom stereocenters. The minimum atomic E-state index is -0.422. The maximum absolute atomic E-state index is 12.8. The quantitative estimate of drug-likeness (QED) is 0.330. The van der Waals surface area contributed by atoms with E-state index >= 15 is 0 Å². The van der Waals surface area contributed by atoms with Crippen LogP contribution in [-0.4, -0.2) is 10.7 Å². The average Bonchev–Trinajstić information content (AvgIpc) is 2.68. The minimum absolute atomic E-state index is 0.0105. The first-order valence-electron chi connectivity index (χ1n) is 9.10. The number of benzene rings is 3. The van der Waals surface area contributed by atoms with Gasteiger partial charge in [-0.3, -0.25) is 14.9 Å². The number of rotatable bonds is 7. The summed E-state index contributed by atoms with van der Waals surface area (Å²) in [7, 11) is 0. The molecule has 0 aliphatic heterocycles. The first-order valence-corrected chi connectivity index (χ1v) is 9.10. The van der Waals surface area contributed by atoms with Gasteiger partial charge in [0.25, 0.3) is 5.69 Å². The SMILES string of the molecule is Cc1ccc(C(=O)CC(Nc2cccc(C)c2)c2cccc([N+](=O)[O-])c2)cc1. The van der Waals surface area contributed by atoms with E-state index in [0.29, 0.717) is 11.1 Å². The van der Waals surface area contributed by atoms with Crippen molar-refractivity contribution in [1.29, 1.82) is 0 Å². The van der Waals surface area contributed by atoms with E-state index in [4.69, 9.17) is 0 Å². The van der Waals surface area contributed by atoms with Crippen molar-refractivity contribution in [1.82, 2.24) is 0 Å². The van der Waals surface area contributed by atoms with Gasteiger partial charge in [-0.25, -0.2) is 0 Å². The monoisotopic (exact) mass is 374 g/mol. The van der Waals surface area contributed by atoms with Gasteiger partial charge < -0.3 is 5.32 Å². The Balaban J connectivity index is 1.91. The van der Waals surface area contributed by atoms with Crippen molar-refractivity contribution >= 4 is 17.2 Å². The second kappa shape index (κ2) is 8.48. The van der Waals surface area contributed by atoms with Gasteiger partial charge in [-0.15, -0.1) is 0 Å². The fourth-order valence-electron chi connectivity index (χ4n) is 3.09. The van der Waals surface area contributed by atoms with Crippen molar-refractivity contribution in [2.24, 2.45) is 0 Å². The molecule has 0 heterocycles. The predicted octanol–water partition coefficient (Wildman–Crippen LogP) is 5.64. The Hall–Kier alpha value is -3.47. The van der Waals surface area contributed by atoms with E-state index < -0.39 is 4.92 Å². The summed E-state index contributed by atoms with van der Waals surface area (Å²) in [6.07, 6.45) is 0.193. The third-order valence-electron chi connectivity index (χ3n) is 4.61. The minimum Gasteiger partial charge on any atom is -0.378 e. The number of anilines is 1. The highest BCUT2D eigenvalue weighted by atomic mass is 16.6. The lowest BCUT2D eigenvalue weighted by Crippen LogP contribution is -2.16. The molecule has 5 heteroatoms. The summed E-state index contributed by atoms with van der Waals surface area (Å²) >= 11 is 0. The average molecular weight is 374 g/mol. The van der Waals surface area contributed by atoms with E-state index in [0.717, 1.165) is 16.8 Å². The Morgan fingerprint density at radius 1 is 0.964 bits per heavy atom. The van der Waals surface area contributed by atoms with Gasteiger partial charge in [-0.05, 0) is 37.1 Å². The zero-order valence-corrected chi connectivity index (χ0v) is 15.9. The molecule has 3 rings (SSSR count). The molecule has 0 aliphatic rings. The van der Waals surface area contributed by atoms with Gasteiger partial charge in [0, 0.05) is 29.8 Å². The molecule has 0 aliphatic carbocycles. The van der Waals surface area contributed by atoms with Gasteiger partial charge in [0.2, 0.25) is 0 Å². The number of nitro groups is 1. The van der Waals surface area contributed by atoms with Crippen LogP contribution in [0.3, 0.4) is 0 Å². The van der Waals surface area contributed by atoms with Crippen molar-refractivity contribution in [3.8, 4) is 0 Å². The zero-order chi connectivity index (χ0) is 20.1. The van der Waals surface area contributed by atoms with Crippen molar-refractivity contribution in [3.05, 3.63) is 105 Å². The Morgan fingerprint density at radius 2 is 1.68 bits per heavy atom. The van der Waals surface area contributed by atoms with Crippen LogP contribution in [0.1, 0.15) is 39.5 Å². The lowest BCUT2D eigenvalue weighted by molar-refractivity contribution is -0.384. The fourth-order valence-corrected chi connectivity index (χ4v) is 3.09. The second-order valence-electron chi connectivity index (χ2n) is 6.91. The van der Waals surface area contributed by atoms with E-state index in [1.54, 1.807) is 6.07 Å². The summed E-state index contributed by atoms with van der Waals surface area (Å²) in [6, 6.07) is 21.3. The van der Waals surface area contributed by atoms with Crippen LogP contribution in [0, 0.1) is 24.0 Å². The summed E-state index contributed by atoms with van der Waals surface area (Å²) in [6.45, 7) is 3.96. The van der Waals surface area contributed by atoms with Crippen molar-refractivity contribution in [2.75, 3.05) is 5.32 Å². The Morgan fingerprint density at radius 3 is 2.36 bits per heavy atom. The van der Waals surface area contributed by atoms with E-state index in [1.807, 2.05) is 68.4 Å². The number of non-ortho nitro benzene ring substituents is 1. The summed E-state index contributed by atoms with van der Waals surface area (Å²) in [5.41, 5.74) is 4.39. The molecule has 28 heavy (non-hydrogen) atoms. The van der Waals surface area contributed by atoms with Crippen LogP contribution in [0.5, 0.6) is 0 Å². The maximum Gasteiger partial charge on any atom is 0.269 e. The number of carbonyl (C=O) groups is 1. The first-order chi connectivity index (χ1) is 13.4. The fraction of sp³-hybridized carbons (Fsp3) is 0.174. The van der Waals surface area contributed by atoms with Crippen LogP contribution in [-0.2, 0) is 0 Å². The maximum atomic E-state index is 12.8. The summed E-state index contributed by atoms with van der Waals surface area (Å²) < 4.78 is 0. The van der Waals surface area contributed by atoms with E-state index in [1.165, 1.54) is 12.1 Å². The first kappa shape index (κ1) is 19.3. The van der Waals surface area contributed by atoms with Crippen LogP contribution < -0.4 is 5.32 Å². The van der Waals surface area contributed by atoms with Gasteiger partial charge in [0.15, 0.2) is 5.78 Å². The van der Waals surface area contributed by atoms with Crippen molar-refractivity contribution in [2.45, 2.75) is 26.3 Å². The van der Waals surface area contributed by atoms with Crippen LogP contribution in [0.25, 0.3) is 0 Å². The number of aryl methyl sites for hydroxylation is 2. The van der Waals surface area contributed by atoms with Gasteiger partial charge in [-0.2, -0.15) is 0 Å². The Kier molecular flexibility index (Phi) is 5.84. The van der Waals surface area contributed by atoms with Gasteiger partial charge >= 0.3 is 0 Å². The summed E-state index contributed by atoms with van der Waals surface area (Å²) in [5.74, 6) is -0.0170. The van der Waals surface area contributed by atoms with E-state index in [9.17, 15) is 14.9 Å². The third-order valence-corrected chi connectivity index (χ3v) is 4.61. The highest BCUT2D eigenvalue weighted by Crippen LogP contribution is 2.27. The molecule has 0 aromatic heterocycles. The molecule has 0 saturated heterocycles. The molecule has 142 valence electrons. The predicted molar refractivity (Wildman–Crippen MR) is 111 cm³/mol. The second-order valence-corrected chi connectivity index (χ2v) is 6.91. The number of carbonyl (C=O) groups excluding carboxylic acids is 1. The standard InChI is InChI=1S/C23H22N2O3/c1-16-9-11-18(12-10-16)23(26)15-22(24-20-7-3-5-17(2)13-20)19-6-4-8-21(14-19)25(27)28/h3-14,22,24H,15H2,1-2H3. The topological polar surface area (TPSA) is 72.2 Å². The third kappa shape index (κ3) is 4.82. The number of hydrogen-bond acceptors (Lipinski definition) is 4. The molecular formula is C23H22N2O3. The summed E-state index contributed by atoms with van der Waals surface area (Å²) in [5, 5.41) is 14.5. The molecule has 3 aromatic carbocycles. The molecule has 0 spiro atoms. The molecule has 0 amide bonds. The molecule has 0 fully saturated rings. The number of nitrogens with zero attached hydrogens (tertiary/aromatic N) is 1. The Bertz CT molecular complexity index is 997. The molecule has 0 saturated carbocycles. The van der Waals surface area contributed by atoms with Crippen LogP contribution in [0.4, 0.5) is 11.4 Å². The highest BCUT2D eigenvalue weighted by molar-refractivity contribution is 5.96. The lowest BCUT2D eigenvalue weighted by atomic mass is 9.96. The van der Waals surface area contributed by atoms with E-state index in [2.05, 4.69) is 5.32 Å². The van der Waals surface area contributed by atoms with Crippen molar-refractivity contribution < 1.29 is 9.72 Å². The highest BCUT2D eigenvalue weighted by Gasteiger charge is 2.19.